The van der Waals surface area contributed by atoms with Gasteiger partial charge in [-0.25, -0.2) is 9.18 Å². The van der Waals surface area contributed by atoms with E-state index in [-0.39, 0.29) is 24.4 Å². The lowest BCUT2D eigenvalue weighted by Crippen LogP contribution is -2.42. The van der Waals surface area contributed by atoms with Crippen molar-refractivity contribution < 1.29 is 13.9 Å². The molecule has 140 valence electrons. The maximum atomic E-state index is 14.1. The van der Waals surface area contributed by atoms with Crippen molar-refractivity contribution in [1.82, 2.24) is 20.0 Å². The largest absolute Gasteiger partial charge is 0.491 e. The molecule has 0 fully saturated rings. The second-order valence-corrected chi connectivity index (χ2v) is 6.60. The standard InChI is InChI=1S/C19H25FN4O2/c1-5-16(18-12(2)22-23(4)13(18)3)21-19(25)24-9-10-26-17-8-6-7-15(20)14(17)11-24/h6-8,16H,5,9-11H2,1-4H3,(H,21,25). The SMILES string of the molecule is CCC(NC(=O)N1CCOc2cccc(F)c2C1)c1c(C)nn(C)c1C. The first-order valence-electron chi connectivity index (χ1n) is 8.88. The molecule has 0 saturated heterocycles. The molecule has 1 aliphatic rings. The number of nitrogens with one attached hydrogen (secondary N) is 1. The van der Waals surface area contributed by atoms with Crippen LogP contribution in [-0.4, -0.2) is 33.9 Å². The number of fused-ring (bicyclic) bond motifs is 1. The topological polar surface area (TPSA) is 59.4 Å². The Labute approximate surface area is 152 Å². The maximum absolute atomic E-state index is 14.1. The van der Waals surface area contributed by atoms with E-state index in [1.54, 1.807) is 17.0 Å². The van der Waals surface area contributed by atoms with Gasteiger partial charge in [0.15, 0.2) is 0 Å². The summed E-state index contributed by atoms with van der Waals surface area (Å²) >= 11 is 0. The highest BCUT2D eigenvalue weighted by atomic mass is 19.1. The van der Waals surface area contributed by atoms with Crippen LogP contribution in [0.4, 0.5) is 9.18 Å². The van der Waals surface area contributed by atoms with E-state index in [2.05, 4.69) is 10.4 Å². The highest BCUT2D eigenvalue weighted by Crippen LogP contribution is 2.27. The molecule has 0 saturated carbocycles. The Morgan fingerprint density at radius 1 is 1.42 bits per heavy atom. The minimum Gasteiger partial charge on any atom is -0.491 e. The van der Waals surface area contributed by atoms with E-state index in [4.69, 9.17) is 4.74 Å². The van der Waals surface area contributed by atoms with E-state index in [0.717, 1.165) is 23.4 Å². The highest BCUT2D eigenvalue weighted by Gasteiger charge is 2.26. The molecule has 2 heterocycles. The van der Waals surface area contributed by atoms with Crippen LogP contribution in [0.3, 0.4) is 0 Å². The zero-order valence-electron chi connectivity index (χ0n) is 15.7. The molecule has 1 aliphatic heterocycles. The third-order valence-corrected chi connectivity index (χ3v) is 4.95. The van der Waals surface area contributed by atoms with Crippen LogP contribution < -0.4 is 10.1 Å². The molecule has 1 unspecified atom stereocenters. The van der Waals surface area contributed by atoms with Crippen molar-refractivity contribution >= 4 is 6.03 Å². The monoisotopic (exact) mass is 360 g/mol. The number of benzene rings is 1. The average molecular weight is 360 g/mol. The fourth-order valence-electron chi connectivity index (χ4n) is 3.45. The molecule has 2 amide bonds. The quantitative estimate of drug-likeness (QED) is 0.914. The van der Waals surface area contributed by atoms with Gasteiger partial charge in [-0.1, -0.05) is 13.0 Å². The first-order valence-corrected chi connectivity index (χ1v) is 8.88. The molecule has 3 rings (SSSR count). The van der Waals surface area contributed by atoms with Gasteiger partial charge >= 0.3 is 6.03 Å². The third-order valence-electron chi connectivity index (χ3n) is 4.95. The van der Waals surface area contributed by atoms with Crippen molar-refractivity contribution in [2.75, 3.05) is 13.2 Å². The lowest BCUT2D eigenvalue weighted by atomic mass is 10.0. The molecular formula is C19H25FN4O2. The molecule has 1 atom stereocenters. The van der Waals surface area contributed by atoms with Crippen molar-refractivity contribution in [1.29, 1.82) is 0 Å². The molecule has 0 radical (unpaired) electrons. The predicted molar refractivity (Wildman–Crippen MR) is 96.6 cm³/mol. The van der Waals surface area contributed by atoms with Gasteiger partial charge in [0.1, 0.15) is 18.2 Å². The Bertz CT molecular complexity index is 818. The molecule has 0 bridgehead atoms. The molecule has 1 aromatic carbocycles. The van der Waals surface area contributed by atoms with Crippen LogP contribution in [0.5, 0.6) is 5.75 Å². The van der Waals surface area contributed by atoms with E-state index in [9.17, 15) is 9.18 Å². The average Bonchev–Trinajstić information content (AvgIpc) is 2.79. The molecule has 0 aliphatic carbocycles. The van der Waals surface area contributed by atoms with Crippen LogP contribution in [-0.2, 0) is 13.6 Å². The molecule has 0 spiro atoms. The Kier molecular flexibility index (Phi) is 5.15. The summed E-state index contributed by atoms with van der Waals surface area (Å²) in [5.74, 6) is 0.152. The lowest BCUT2D eigenvalue weighted by molar-refractivity contribution is 0.183. The van der Waals surface area contributed by atoms with Crippen molar-refractivity contribution in [2.45, 2.75) is 39.8 Å². The van der Waals surface area contributed by atoms with Gasteiger partial charge < -0.3 is 15.0 Å². The van der Waals surface area contributed by atoms with Gasteiger partial charge in [-0.2, -0.15) is 5.10 Å². The summed E-state index contributed by atoms with van der Waals surface area (Å²) in [5.41, 5.74) is 3.40. The van der Waals surface area contributed by atoms with E-state index in [1.165, 1.54) is 6.07 Å². The molecule has 1 N–H and O–H groups in total. The first-order chi connectivity index (χ1) is 12.4. The van der Waals surface area contributed by atoms with E-state index in [1.807, 2.05) is 32.5 Å². The molecule has 2 aromatic rings. The lowest BCUT2D eigenvalue weighted by Gasteiger charge is -2.25. The fraction of sp³-hybridized carbons (Fsp3) is 0.474. The normalized spacial score (nSPS) is 15.0. The first kappa shape index (κ1) is 18.2. The number of carbonyl (C=O) groups is 1. The van der Waals surface area contributed by atoms with Crippen molar-refractivity contribution in [3.05, 3.63) is 46.5 Å². The van der Waals surface area contributed by atoms with Gasteiger partial charge in [0.05, 0.1) is 24.8 Å². The van der Waals surface area contributed by atoms with Gasteiger partial charge in [0.25, 0.3) is 0 Å². The number of carbonyl (C=O) groups excluding carboxylic acids is 1. The van der Waals surface area contributed by atoms with Crippen LogP contribution in [0.25, 0.3) is 0 Å². The number of hydrogen-bond donors (Lipinski definition) is 1. The van der Waals surface area contributed by atoms with Gasteiger partial charge in [-0.05, 0) is 32.4 Å². The number of halogens is 1. The van der Waals surface area contributed by atoms with Crippen LogP contribution in [0.1, 0.15) is 41.9 Å². The number of aromatic nitrogens is 2. The predicted octanol–water partition coefficient (Wildman–Crippen LogP) is 3.23. The van der Waals surface area contributed by atoms with Gasteiger partial charge in [-0.15, -0.1) is 0 Å². The van der Waals surface area contributed by atoms with Crippen LogP contribution >= 0.6 is 0 Å². The number of ether oxygens (including phenoxy) is 1. The summed E-state index contributed by atoms with van der Waals surface area (Å²) in [6, 6.07) is 4.38. The molecule has 1 aromatic heterocycles. The number of rotatable bonds is 3. The summed E-state index contributed by atoms with van der Waals surface area (Å²) < 4.78 is 21.6. The minimum absolute atomic E-state index is 0.138. The zero-order chi connectivity index (χ0) is 18.8. The summed E-state index contributed by atoms with van der Waals surface area (Å²) in [5, 5.41) is 7.52. The number of nitrogens with zero attached hydrogens (tertiary/aromatic N) is 3. The third kappa shape index (κ3) is 3.38. The van der Waals surface area contributed by atoms with Crippen LogP contribution in [0.15, 0.2) is 18.2 Å². The van der Waals surface area contributed by atoms with Crippen molar-refractivity contribution in [3.63, 3.8) is 0 Å². The number of aryl methyl sites for hydroxylation is 2. The zero-order valence-corrected chi connectivity index (χ0v) is 15.7. The van der Waals surface area contributed by atoms with E-state index in [0.29, 0.717) is 24.5 Å². The number of amides is 2. The summed E-state index contributed by atoms with van der Waals surface area (Å²) in [7, 11) is 1.90. The second-order valence-electron chi connectivity index (χ2n) is 6.60. The van der Waals surface area contributed by atoms with Gasteiger partial charge in [0.2, 0.25) is 0 Å². The minimum atomic E-state index is -0.354. The molecule has 26 heavy (non-hydrogen) atoms. The number of hydrogen-bond acceptors (Lipinski definition) is 3. The Morgan fingerprint density at radius 2 is 2.19 bits per heavy atom. The van der Waals surface area contributed by atoms with Gasteiger partial charge in [-0.3, -0.25) is 4.68 Å². The van der Waals surface area contributed by atoms with E-state index >= 15 is 0 Å². The smallest absolute Gasteiger partial charge is 0.318 e. The number of urea groups is 1. The van der Waals surface area contributed by atoms with E-state index < -0.39 is 0 Å². The second kappa shape index (κ2) is 7.35. The summed E-state index contributed by atoms with van der Waals surface area (Å²) in [6.45, 7) is 6.90. The molecule has 7 heteroatoms. The maximum Gasteiger partial charge on any atom is 0.318 e. The Morgan fingerprint density at radius 3 is 2.85 bits per heavy atom. The summed E-state index contributed by atoms with van der Waals surface area (Å²) in [6.07, 6.45) is 0.744. The summed E-state index contributed by atoms with van der Waals surface area (Å²) in [4.78, 5) is 14.4. The Hall–Kier alpha value is -2.57. The highest BCUT2D eigenvalue weighted by molar-refractivity contribution is 5.75. The van der Waals surface area contributed by atoms with Gasteiger partial charge in [0, 0.05) is 23.9 Å². The van der Waals surface area contributed by atoms with Crippen molar-refractivity contribution in [3.8, 4) is 5.75 Å². The Balaban J connectivity index is 1.79. The fourth-order valence-corrected chi connectivity index (χ4v) is 3.45. The molecular weight excluding hydrogens is 335 g/mol. The molecule has 6 nitrogen and oxygen atoms in total. The van der Waals surface area contributed by atoms with Crippen LogP contribution in [0.2, 0.25) is 0 Å². The van der Waals surface area contributed by atoms with Crippen LogP contribution in [0, 0.1) is 19.7 Å². The van der Waals surface area contributed by atoms with Crippen molar-refractivity contribution in [2.24, 2.45) is 7.05 Å².